The molecule has 0 bridgehead atoms. The molecule has 0 heterocycles. The molecule has 1 heteroatoms. The van der Waals surface area contributed by atoms with Crippen LogP contribution in [0.4, 0.5) is 0 Å². The molecule has 1 rings (SSSR count). The van der Waals surface area contributed by atoms with Gasteiger partial charge in [-0.05, 0) is 30.5 Å². The van der Waals surface area contributed by atoms with Crippen LogP contribution in [0.2, 0.25) is 0 Å². The molecule has 0 saturated carbocycles. The highest BCUT2D eigenvalue weighted by Gasteiger charge is 2.14. The summed E-state index contributed by atoms with van der Waals surface area (Å²) < 4.78 is 0. The van der Waals surface area contributed by atoms with Gasteiger partial charge in [0.25, 0.3) is 0 Å². The van der Waals surface area contributed by atoms with E-state index in [0.29, 0.717) is 6.04 Å². The lowest BCUT2D eigenvalue weighted by Crippen LogP contribution is -2.16. The maximum atomic E-state index is 3.31. The predicted molar refractivity (Wildman–Crippen MR) is 75.0 cm³/mol. The van der Waals surface area contributed by atoms with Gasteiger partial charge in [0, 0.05) is 12.5 Å². The van der Waals surface area contributed by atoms with Gasteiger partial charge in [-0.3, -0.25) is 0 Å². The van der Waals surface area contributed by atoms with Crippen molar-refractivity contribution in [2.24, 2.45) is 0 Å². The minimum atomic E-state index is 0.219. The van der Waals surface area contributed by atoms with E-state index in [-0.39, 0.29) is 5.41 Å². The van der Waals surface area contributed by atoms with Gasteiger partial charge in [-0.2, -0.15) is 0 Å². The third-order valence-electron chi connectivity index (χ3n) is 3.01. The Morgan fingerprint density at radius 1 is 1.18 bits per heavy atom. The fourth-order valence-corrected chi connectivity index (χ4v) is 1.81. The zero-order valence-corrected chi connectivity index (χ0v) is 11.6. The maximum absolute atomic E-state index is 3.31. The maximum Gasteiger partial charge on any atom is 0.0428 e. The highest BCUT2D eigenvalue weighted by Crippen LogP contribution is 2.24. The van der Waals surface area contributed by atoms with E-state index in [2.05, 4.69) is 62.2 Å². The summed E-state index contributed by atoms with van der Waals surface area (Å²) in [6.45, 7) is 8.59. The van der Waals surface area contributed by atoms with E-state index in [4.69, 9.17) is 0 Å². The van der Waals surface area contributed by atoms with E-state index in [1.807, 2.05) is 14.0 Å². The summed E-state index contributed by atoms with van der Waals surface area (Å²) in [5, 5.41) is 3.31. The molecule has 1 atom stereocenters. The van der Waals surface area contributed by atoms with Crippen molar-refractivity contribution in [1.82, 2.24) is 5.32 Å². The molecule has 1 aromatic carbocycles. The van der Waals surface area contributed by atoms with Crippen LogP contribution in [-0.2, 0) is 5.41 Å². The van der Waals surface area contributed by atoms with Crippen LogP contribution in [0.15, 0.2) is 24.3 Å². The fraction of sp³-hybridized carbons (Fsp3) is 0.500. The van der Waals surface area contributed by atoms with Gasteiger partial charge in [-0.25, -0.2) is 0 Å². The lowest BCUT2D eigenvalue weighted by molar-refractivity contribution is 0.585. The second-order valence-corrected chi connectivity index (χ2v) is 5.34. The van der Waals surface area contributed by atoms with Gasteiger partial charge in [-0.1, -0.05) is 45.0 Å². The smallest absolute Gasteiger partial charge is 0.0428 e. The Bertz CT molecular complexity index is 398. The Morgan fingerprint density at radius 3 is 2.18 bits per heavy atom. The largest absolute Gasteiger partial charge is 0.312 e. The Balaban J connectivity index is 2.87. The van der Waals surface area contributed by atoms with Crippen molar-refractivity contribution in [3.05, 3.63) is 35.4 Å². The summed E-state index contributed by atoms with van der Waals surface area (Å²) in [4.78, 5) is 0. The zero-order valence-electron chi connectivity index (χ0n) is 11.6. The summed E-state index contributed by atoms with van der Waals surface area (Å²) in [6, 6.07) is 9.19. The Morgan fingerprint density at radius 2 is 1.76 bits per heavy atom. The van der Waals surface area contributed by atoms with Crippen LogP contribution >= 0.6 is 0 Å². The molecule has 1 aromatic rings. The van der Waals surface area contributed by atoms with Gasteiger partial charge in [0.15, 0.2) is 0 Å². The SMILES string of the molecule is CC#CCC(NC)c1ccc(C(C)(C)C)cc1. The minimum Gasteiger partial charge on any atom is -0.312 e. The monoisotopic (exact) mass is 229 g/mol. The van der Waals surface area contributed by atoms with Crippen molar-refractivity contribution < 1.29 is 0 Å². The van der Waals surface area contributed by atoms with E-state index >= 15 is 0 Å². The van der Waals surface area contributed by atoms with Gasteiger partial charge < -0.3 is 5.32 Å². The lowest BCUT2D eigenvalue weighted by atomic mass is 9.86. The second-order valence-electron chi connectivity index (χ2n) is 5.34. The highest BCUT2D eigenvalue weighted by molar-refractivity contribution is 5.29. The van der Waals surface area contributed by atoms with Gasteiger partial charge in [0.1, 0.15) is 0 Å². The first-order valence-electron chi connectivity index (χ1n) is 6.16. The molecule has 0 aliphatic rings. The van der Waals surface area contributed by atoms with Crippen LogP contribution < -0.4 is 5.32 Å². The summed E-state index contributed by atoms with van der Waals surface area (Å²) in [5.74, 6) is 6.08. The van der Waals surface area contributed by atoms with Crippen LogP contribution in [0.5, 0.6) is 0 Å². The van der Waals surface area contributed by atoms with E-state index in [1.54, 1.807) is 0 Å². The number of nitrogens with one attached hydrogen (secondary N) is 1. The molecule has 0 spiro atoms. The minimum absolute atomic E-state index is 0.219. The molecule has 0 radical (unpaired) electrons. The molecule has 0 aliphatic carbocycles. The van der Waals surface area contributed by atoms with Crippen LogP contribution in [0.25, 0.3) is 0 Å². The Kier molecular flexibility index (Phi) is 4.78. The van der Waals surface area contributed by atoms with Crippen LogP contribution in [0, 0.1) is 11.8 Å². The molecule has 92 valence electrons. The Labute approximate surface area is 106 Å². The van der Waals surface area contributed by atoms with Crippen molar-refractivity contribution in [3.8, 4) is 11.8 Å². The fourth-order valence-electron chi connectivity index (χ4n) is 1.81. The van der Waals surface area contributed by atoms with Gasteiger partial charge >= 0.3 is 0 Å². The van der Waals surface area contributed by atoms with E-state index in [0.717, 1.165) is 6.42 Å². The predicted octanol–water partition coefficient (Wildman–Crippen LogP) is 3.66. The average molecular weight is 229 g/mol. The Hall–Kier alpha value is -1.26. The normalized spacial score (nSPS) is 12.8. The number of hydrogen-bond acceptors (Lipinski definition) is 1. The molecule has 17 heavy (non-hydrogen) atoms. The molecule has 1 unspecified atom stereocenters. The lowest BCUT2D eigenvalue weighted by Gasteiger charge is -2.20. The topological polar surface area (TPSA) is 12.0 Å². The highest BCUT2D eigenvalue weighted by atomic mass is 14.9. The molecule has 0 aromatic heterocycles. The average Bonchev–Trinajstić information content (AvgIpc) is 2.29. The first-order valence-corrected chi connectivity index (χ1v) is 6.16. The number of hydrogen-bond donors (Lipinski definition) is 1. The van der Waals surface area contributed by atoms with Crippen molar-refractivity contribution >= 4 is 0 Å². The molecular weight excluding hydrogens is 206 g/mol. The van der Waals surface area contributed by atoms with Crippen molar-refractivity contribution in [2.45, 2.75) is 45.6 Å². The first kappa shape index (κ1) is 13.8. The van der Waals surface area contributed by atoms with Gasteiger partial charge in [0.2, 0.25) is 0 Å². The van der Waals surface area contributed by atoms with Crippen molar-refractivity contribution in [1.29, 1.82) is 0 Å². The molecule has 0 fully saturated rings. The molecular formula is C16H23N. The zero-order chi connectivity index (χ0) is 12.9. The van der Waals surface area contributed by atoms with E-state index in [9.17, 15) is 0 Å². The van der Waals surface area contributed by atoms with Crippen LogP contribution in [-0.4, -0.2) is 7.05 Å². The quantitative estimate of drug-likeness (QED) is 0.780. The molecule has 1 nitrogen and oxygen atoms in total. The van der Waals surface area contributed by atoms with Crippen LogP contribution in [0.1, 0.15) is 51.3 Å². The van der Waals surface area contributed by atoms with Crippen molar-refractivity contribution in [2.75, 3.05) is 7.05 Å². The first-order chi connectivity index (χ1) is 7.99. The standard InChI is InChI=1S/C16H23N/c1-6-7-8-15(17-5)13-9-11-14(12-10-13)16(2,3)4/h9-12,15,17H,8H2,1-5H3. The number of benzene rings is 1. The second kappa shape index (κ2) is 5.89. The van der Waals surface area contributed by atoms with Crippen LogP contribution in [0.3, 0.4) is 0 Å². The molecule has 0 aliphatic heterocycles. The van der Waals surface area contributed by atoms with Gasteiger partial charge in [-0.15, -0.1) is 11.8 Å². The molecule has 0 saturated heterocycles. The third kappa shape index (κ3) is 3.91. The summed E-state index contributed by atoms with van der Waals surface area (Å²) >= 11 is 0. The molecule has 1 N–H and O–H groups in total. The summed E-state index contributed by atoms with van der Waals surface area (Å²) in [7, 11) is 1.99. The van der Waals surface area contributed by atoms with E-state index in [1.165, 1.54) is 11.1 Å². The third-order valence-corrected chi connectivity index (χ3v) is 3.01. The van der Waals surface area contributed by atoms with Gasteiger partial charge in [0.05, 0.1) is 0 Å². The number of rotatable bonds is 3. The summed E-state index contributed by atoms with van der Waals surface area (Å²) in [5.41, 5.74) is 2.90. The van der Waals surface area contributed by atoms with Crippen molar-refractivity contribution in [3.63, 3.8) is 0 Å². The van der Waals surface area contributed by atoms with E-state index < -0.39 is 0 Å². The molecule has 0 amide bonds. The summed E-state index contributed by atoms with van der Waals surface area (Å²) in [6.07, 6.45) is 0.863.